The van der Waals surface area contributed by atoms with Crippen molar-refractivity contribution < 1.29 is 4.79 Å². The molecule has 5 heteroatoms. The fourth-order valence-electron chi connectivity index (χ4n) is 3.32. The van der Waals surface area contributed by atoms with Gasteiger partial charge in [0, 0.05) is 27.6 Å². The van der Waals surface area contributed by atoms with Crippen molar-refractivity contribution in [3.8, 4) is 0 Å². The Balaban J connectivity index is 1.48. The molecule has 3 rings (SSSR count). The summed E-state index contributed by atoms with van der Waals surface area (Å²) in [6.07, 6.45) is 5.98. The van der Waals surface area contributed by atoms with Crippen molar-refractivity contribution >= 4 is 29.0 Å². The van der Waals surface area contributed by atoms with Crippen LogP contribution in [-0.4, -0.2) is 16.9 Å². The van der Waals surface area contributed by atoms with Gasteiger partial charge in [-0.1, -0.05) is 13.3 Å². The number of amides is 1. The van der Waals surface area contributed by atoms with Crippen molar-refractivity contribution in [3.05, 3.63) is 45.9 Å². The number of aromatic nitrogens is 1. The van der Waals surface area contributed by atoms with E-state index >= 15 is 0 Å². The average Bonchev–Trinajstić information content (AvgIpc) is 3.06. The fraction of sp³-hybridized carbons (Fsp3) is 0.500. The van der Waals surface area contributed by atoms with Crippen LogP contribution in [0.4, 0.5) is 0 Å². The van der Waals surface area contributed by atoms with Crippen molar-refractivity contribution in [2.45, 2.75) is 62.6 Å². The van der Waals surface area contributed by atoms with Gasteiger partial charge < -0.3 is 5.32 Å². The molecule has 0 spiro atoms. The van der Waals surface area contributed by atoms with Gasteiger partial charge in [0.05, 0.1) is 10.7 Å². The van der Waals surface area contributed by atoms with E-state index in [-0.39, 0.29) is 5.91 Å². The lowest BCUT2D eigenvalue weighted by atomic mass is 9.84. The van der Waals surface area contributed by atoms with Crippen LogP contribution in [0.3, 0.4) is 0 Å². The minimum absolute atomic E-state index is 0.0617. The van der Waals surface area contributed by atoms with Gasteiger partial charge >= 0.3 is 0 Å². The smallest absolute Gasteiger partial charge is 0.251 e. The largest absolute Gasteiger partial charge is 0.349 e. The molecule has 0 unspecified atom stereocenters. The number of thioether (sulfide) groups is 1. The van der Waals surface area contributed by atoms with Crippen molar-refractivity contribution in [2.24, 2.45) is 5.92 Å². The Morgan fingerprint density at radius 3 is 2.56 bits per heavy atom. The van der Waals surface area contributed by atoms with Crippen LogP contribution in [0, 0.1) is 12.8 Å². The zero-order chi connectivity index (χ0) is 17.6. The minimum atomic E-state index is 0.0617. The number of carbonyl (C=O) groups excluding carboxylic acids is 1. The molecule has 1 saturated carbocycles. The first-order chi connectivity index (χ1) is 12.1. The van der Waals surface area contributed by atoms with Gasteiger partial charge in [-0.15, -0.1) is 23.1 Å². The van der Waals surface area contributed by atoms with Crippen LogP contribution >= 0.6 is 23.1 Å². The molecule has 1 aromatic carbocycles. The zero-order valence-corrected chi connectivity index (χ0v) is 16.6. The molecule has 0 bridgehead atoms. The summed E-state index contributed by atoms with van der Waals surface area (Å²) in [5.41, 5.74) is 1.88. The number of hydrogen-bond acceptors (Lipinski definition) is 4. The predicted molar refractivity (Wildman–Crippen MR) is 106 cm³/mol. The van der Waals surface area contributed by atoms with Crippen LogP contribution in [0.5, 0.6) is 0 Å². The molecule has 1 heterocycles. The number of aryl methyl sites for hydroxylation is 1. The predicted octanol–water partition coefficient (Wildman–Crippen LogP) is 5.44. The third-order valence-corrected chi connectivity index (χ3v) is 6.80. The molecule has 0 aliphatic heterocycles. The van der Waals surface area contributed by atoms with E-state index < -0.39 is 0 Å². The van der Waals surface area contributed by atoms with Gasteiger partial charge in [-0.3, -0.25) is 4.79 Å². The summed E-state index contributed by atoms with van der Waals surface area (Å²) in [6.45, 7) is 4.29. The van der Waals surface area contributed by atoms with Gasteiger partial charge in [0.15, 0.2) is 0 Å². The molecule has 1 aliphatic rings. The van der Waals surface area contributed by atoms with Gasteiger partial charge in [-0.05, 0) is 62.8 Å². The van der Waals surface area contributed by atoms with E-state index in [1.54, 1.807) is 23.1 Å². The number of nitrogens with one attached hydrogen (secondary N) is 1. The highest BCUT2D eigenvalue weighted by Crippen LogP contribution is 2.27. The SMILES string of the molecule is CCC1CCC(NC(=O)c2ccc(SCc3csc(C)n3)cc2)CC1. The molecule has 0 atom stereocenters. The van der Waals surface area contributed by atoms with E-state index in [1.165, 1.54) is 24.2 Å². The Kier molecular flexibility index (Phi) is 6.54. The quantitative estimate of drug-likeness (QED) is 0.684. The summed E-state index contributed by atoms with van der Waals surface area (Å²) in [4.78, 5) is 18.1. The average molecular weight is 375 g/mol. The molecule has 134 valence electrons. The van der Waals surface area contributed by atoms with E-state index in [0.717, 1.165) is 40.8 Å². The standard InChI is InChI=1S/C20H26N2OS2/c1-3-15-4-8-17(9-5-15)22-20(23)16-6-10-19(11-7-16)25-13-18-12-24-14(2)21-18/h6-7,10-12,15,17H,3-5,8-9,13H2,1-2H3,(H,22,23). The second-order valence-electron chi connectivity index (χ2n) is 6.77. The Morgan fingerprint density at radius 2 is 1.96 bits per heavy atom. The molecule has 3 nitrogen and oxygen atoms in total. The topological polar surface area (TPSA) is 42.0 Å². The Labute approximate surface area is 158 Å². The number of nitrogens with zero attached hydrogens (tertiary/aromatic N) is 1. The second-order valence-corrected chi connectivity index (χ2v) is 8.88. The van der Waals surface area contributed by atoms with E-state index in [2.05, 4.69) is 22.6 Å². The van der Waals surface area contributed by atoms with Crippen LogP contribution in [0.1, 0.15) is 60.1 Å². The normalized spacial score (nSPS) is 20.4. The lowest BCUT2D eigenvalue weighted by Crippen LogP contribution is -2.37. The van der Waals surface area contributed by atoms with E-state index in [9.17, 15) is 4.79 Å². The number of rotatable bonds is 6. The maximum atomic E-state index is 12.4. The Hall–Kier alpha value is -1.33. The van der Waals surface area contributed by atoms with Crippen LogP contribution < -0.4 is 5.32 Å². The van der Waals surface area contributed by atoms with Gasteiger partial charge in [-0.25, -0.2) is 4.98 Å². The molecule has 1 aliphatic carbocycles. The van der Waals surface area contributed by atoms with Crippen molar-refractivity contribution in [3.63, 3.8) is 0 Å². The third-order valence-electron chi connectivity index (χ3n) is 4.93. The molecule has 1 aromatic heterocycles. The maximum Gasteiger partial charge on any atom is 0.251 e. The Bertz CT molecular complexity index is 688. The number of carbonyl (C=O) groups is 1. The Morgan fingerprint density at radius 1 is 1.24 bits per heavy atom. The lowest BCUT2D eigenvalue weighted by molar-refractivity contribution is 0.0921. The summed E-state index contributed by atoms with van der Waals surface area (Å²) in [5, 5.41) is 6.42. The van der Waals surface area contributed by atoms with Crippen molar-refractivity contribution in [1.82, 2.24) is 10.3 Å². The van der Waals surface area contributed by atoms with Crippen LogP contribution in [0.2, 0.25) is 0 Å². The zero-order valence-electron chi connectivity index (χ0n) is 15.0. The molecule has 2 aromatic rings. The van der Waals surface area contributed by atoms with Crippen molar-refractivity contribution in [1.29, 1.82) is 0 Å². The molecular weight excluding hydrogens is 348 g/mol. The molecule has 1 amide bonds. The summed E-state index contributed by atoms with van der Waals surface area (Å²) < 4.78 is 0. The highest BCUT2D eigenvalue weighted by atomic mass is 32.2. The summed E-state index contributed by atoms with van der Waals surface area (Å²) in [6, 6.07) is 8.28. The van der Waals surface area contributed by atoms with E-state index in [1.807, 2.05) is 31.2 Å². The number of thiazole rings is 1. The summed E-state index contributed by atoms with van der Waals surface area (Å²) in [5.74, 6) is 1.79. The first kappa shape index (κ1) is 18.5. The molecule has 0 radical (unpaired) electrons. The van der Waals surface area contributed by atoms with Crippen LogP contribution in [-0.2, 0) is 5.75 Å². The molecule has 1 N–H and O–H groups in total. The molecule has 25 heavy (non-hydrogen) atoms. The fourth-order valence-corrected chi connectivity index (χ4v) is 4.83. The third kappa shape index (κ3) is 5.32. The highest BCUT2D eigenvalue weighted by Gasteiger charge is 2.21. The van der Waals surface area contributed by atoms with Gasteiger partial charge in [-0.2, -0.15) is 0 Å². The maximum absolute atomic E-state index is 12.4. The lowest BCUT2D eigenvalue weighted by Gasteiger charge is -2.28. The minimum Gasteiger partial charge on any atom is -0.349 e. The van der Waals surface area contributed by atoms with Crippen LogP contribution in [0.15, 0.2) is 34.5 Å². The number of hydrogen-bond donors (Lipinski definition) is 1. The van der Waals surface area contributed by atoms with Crippen LogP contribution in [0.25, 0.3) is 0 Å². The van der Waals surface area contributed by atoms with Crippen molar-refractivity contribution in [2.75, 3.05) is 0 Å². The molecule has 1 fully saturated rings. The second kappa shape index (κ2) is 8.86. The first-order valence-electron chi connectivity index (χ1n) is 9.08. The molecule has 0 saturated heterocycles. The monoisotopic (exact) mass is 374 g/mol. The summed E-state index contributed by atoms with van der Waals surface area (Å²) >= 11 is 3.44. The highest BCUT2D eigenvalue weighted by molar-refractivity contribution is 7.98. The van der Waals surface area contributed by atoms with Gasteiger partial charge in [0.2, 0.25) is 0 Å². The van der Waals surface area contributed by atoms with Gasteiger partial charge in [0.1, 0.15) is 0 Å². The first-order valence-corrected chi connectivity index (χ1v) is 10.9. The molecular formula is C20H26N2OS2. The van der Waals surface area contributed by atoms with E-state index in [0.29, 0.717) is 6.04 Å². The van der Waals surface area contributed by atoms with E-state index in [4.69, 9.17) is 0 Å². The van der Waals surface area contributed by atoms with Gasteiger partial charge in [0.25, 0.3) is 5.91 Å². The number of benzene rings is 1. The summed E-state index contributed by atoms with van der Waals surface area (Å²) in [7, 11) is 0.